The van der Waals surface area contributed by atoms with E-state index in [1.807, 2.05) is 11.8 Å². The molecule has 1 unspecified atom stereocenters. The molecule has 1 heterocycles. The summed E-state index contributed by atoms with van der Waals surface area (Å²) < 4.78 is 0. The summed E-state index contributed by atoms with van der Waals surface area (Å²) in [7, 11) is 0. The summed E-state index contributed by atoms with van der Waals surface area (Å²) in [6.07, 6.45) is 0. The van der Waals surface area contributed by atoms with Crippen LogP contribution in [0.4, 0.5) is 5.69 Å². The van der Waals surface area contributed by atoms with Crippen molar-refractivity contribution in [3.63, 3.8) is 0 Å². The molecule has 88 valence electrons. The Balaban J connectivity index is 2.28. The second kappa shape index (κ2) is 5.11. The molecule has 1 atom stereocenters. The van der Waals surface area contributed by atoms with Crippen LogP contribution < -0.4 is 5.32 Å². The SMILES string of the molecule is CC(C)C(CO)c1ccc2c(c1)NCCS2. The van der Waals surface area contributed by atoms with Crippen LogP contribution in [0.25, 0.3) is 0 Å². The number of aliphatic hydroxyl groups excluding tert-OH is 1. The Morgan fingerprint density at radius 3 is 2.94 bits per heavy atom. The quantitative estimate of drug-likeness (QED) is 0.848. The van der Waals surface area contributed by atoms with Crippen molar-refractivity contribution in [1.82, 2.24) is 0 Å². The highest BCUT2D eigenvalue weighted by atomic mass is 32.2. The van der Waals surface area contributed by atoms with E-state index < -0.39 is 0 Å². The van der Waals surface area contributed by atoms with Gasteiger partial charge in [-0.1, -0.05) is 19.9 Å². The predicted octanol–water partition coefficient (Wildman–Crippen LogP) is 2.94. The first-order valence-corrected chi connectivity index (χ1v) is 6.82. The van der Waals surface area contributed by atoms with Crippen LogP contribution in [-0.2, 0) is 0 Å². The first kappa shape index (κ1) is 11.8. The Labute approximate surface area is 101 Å². The van der Waals surface area contributed by atoms with Crippen molar-refractivity contribution in [2.24, 2.45) is 5.92 Å². The van der Waals surface area contributed by atoms with Gasteiger partial charge in [0.1, 0.15) is 0 Å². The van der Waals surface area contributed by atoms with Gasteiger partial charge < -0.3 is 10.4 Å². The van der Waals surface area contributed by atoms with Gasteiger partial charge in [0.05, 0.1) is 6.61 Å². The van der Waals surface area contributed by atoms with Crippen LogP contribution in [0.3, 0.4) is 0 Å². The number of hydrogen-bond acceptors (Lipinski definition) is 3. The zero-order valence-electron chi connectivity index (χ0n) is 9.86. The van der Waals surface area contributed by atoms with E-state index in [9.17, 15) is 5.11 Å². The first-order chi connectivity index (χ1) is 7.72. The van der Waals surface area contributed by atoms with Gasteiger partial charge in [0.2, 0.25) is 0 Å². The largest absolute Gasteiger partial charge is 0.396 e. The van der Waals surface area contributed by atoms with Crippen LogP contribution in [0.15, 0.2) is 23.1 Å². The lowest BCUT2D eigenvalue weighted by Crippen LogP contribution is -2.14. The molecule has 0 saturated heterocycles. The lowest BCUT2D eigenvalue weighted by atomic mass is 9.89. The van der Waals surface area contributed by atoms with E-state index in [-0.39, 0.29) is 12.5 Å². The monoisotopic (exact) mass is 237 g/mol. The average molecular weight is 237 g/mol. The Bertz CT molecular complexity index is 365. The number of aliphatic hydroxyl groups is 1. The van der Waals surface area contributed by atoms with Crippen LogP contribution in [-0.4, -0.2) is 24.0 Å². The van der Waals surface area contributed by atoms with Crippen molar-refractivity contribution in [1.29, 1.82) is 0 Å². The molecule has 2 N–H and O–H groups in total. The summed E-state index contributed by atoms with van der Waals surface area (Å²) in [5, 5.41) is 12.8. The molecule has 0 aromatic heterocycles. The molecule has 3 heteroatoms. The van der Waals surface area contributed by atoms with E-state index in [1.54, 1.807) is 0 Å². The summed E-state index contributed by atoms with van der Waals surface area (Å²) in [6.45, 7) is 5.57. The summed E-state index contributed by atoms with van der Waals surface area (Å²) in [5.74, 6) is 1.86. The Hall–Kier alpha value is -0.670. The molecule has 0 saturated carbocycles. The number of nitrogens with one attached hydrogen (secondary N) is 1. The highest BCUT2D eigenvalue weighted by Gasteiger charge is 2.17. The molecule has 1 aliphatic heterocycles. The third-order valence-electron chi connectivity index (χ3n) is 3.11. The maximum Gasteiger partial charge on any atom is 0.0502 e. The van der Waals surface area contributed by atoms with Gasteiger partial charge in [0.25, 0.3) is 0 Å². The minimum absolute atomic E-state index is 0.226. The third kappa shape index (κ3) is 2.36. The van der Waals surface area contributed by atoms with E-state index in [1.165, 1.54) is 16.1 Å². The fraction of sp³-hybridized carbons (Fsp3) is 0.538. The Kier molecular flexibility index (Phi) is 3.77. The smallest absolute Gasteiger partial charge is 0.0502 e. The second-order valence-electron chi connectivity index (χ2n) is 4.56. The number of rotatable bonds is 3. The highest BCUT2D eigenvalue weighted by molar-refractivity contribution is 7.99. The number of fused-ring (bicyclic) bond motifs is 1. The number of hydrogen-bond donors (Lipinski definition) is 2. The fourth-order valence-corrected chi connectivity index (χ4v) is 2.96. The molecule has 0 spiro atoms. The van der Waals surface area contributed by atoms with Gasteiger partial charge in [-0.15, -0.1) is 11.8 Å². The van der Waals surface area contributed by atoms with E-state index in [2.05, 4.69) is 37.4 Å². The van der Waals surface area contributed by atoms with E-state index >= 15 is 0 Å². The predicted molar refractivity (Wildman–Crippen MR) is 70.3 cm³/mol. The van der Waals surface area contributed by atoms with Gasteiger partial charge in [-0.2, -0.15) is 0 Å². The van der Waals surface area contributed by atoms with Crippen molar-refractivity contribution in [3.8, 4) is 0 Å². The number of benzene rings is 1. The molecule has 2 rings (SSSR count). The van der Waals surface area contributed by atoms with E-state index in [0.29, 0.717) is 5.92 Å². The second-order valence-corrected chi connectivity index (χ2v) is 5.70. The lowest BCUT2D eigenvalue weighted by Gasteiger charge is -2.23. The van der Waals surface area contributed by atoms with Crippen molar-refractivity contribution in [2.45, 2.75) is 24.7 Å². The molecule has 1 aromatic carbocycles. The zero-order valence-corrected chi connectivity index (χ0v) is 10.7. The van der Waals surface area contributed by atoms with Gasteiger partial charge in [-0.3, -0.25) is 0 Å². The minimum Gasteiger partial charge on any atom is -0.396 e. The number of anilines is 1. The lowest BCUT2D eigenvalue weighted by molar-refractivity contribution is 0.237. The van der Waals surface area contributed by atoms with Gasteiger partial charge in [0, 0.05) is 28.8 Å². The molecule has 2 nitrogen and oxygen atoms in total. The maximum atomic E-state index is 9.43. The fourth-order valence-electron chi connectivity index (χ4n) is 2.09. The van der Waals surface area contributed by atoms with Crippen molar-refractivity contribution in [3.05, 3.63) is 23.8 Å². The van der Waals surface area contributed by atoms with Gasteiger partial charge in [-0.25, -0.2) is 0 Å². The Morgan fingerprint density at radius 1 is 1.44 bits per heavy atom. The molecule has 0 amide bonds. The molecule has 0 fully saturated rings. The molecule has 1 aliphatic rings. The van der Waals surface area contributed by atoms with Crippen molar-refractivity contribution in [2.75, 3.05) is 24.2 Å². The van der Waals surface area contributed by atoms with Crippen LogP contribution in [0, 0.1) is 5.92 Å². The summed E-state index contributed by atoms with van der Waals surface area (Å²) >= 11 is 1.90. The maximum absolute atomic E-state index is 9.43. The van der Waals surface area contributed by atoms with Crippen LogP contribution in [0.2, 0.25) is 0 Å². The molecular weight excluding hydrogens is 218 g/mol. The molecular formula is C13H19NOS. The van der Waals surface area contributed by atoms with Crippen molar-refractivity contribution >= 4 is 17.4 Å². The van der Waals surface area contributed by atoms with Crippen molar-refractivity contribution < 1.29 is 5.11 Å². The summed E-state index contributed by atoms with van der Waals surface area (Å²) in [6, 6.07) is 6.52. The molecule has 0 bridgehead atoms. The first-order valence-electron chi connectivity index (χ1n) is 5.84. The average Bonchev–Trinajstić information content (AvgIpc) is 2.29. The molecule has 1 aromatic rings. The van der Waals surface area contributed by atoms with Gasteiger partial charge in [-0.05, 0) is 23.6 Å². The molecule has 0 aliphatic carbocycles. The van der Waals surface area contributed by atoms with Crippen LogP contribution >= 0.6 is 11.8 Å². The van der Waals surface area contributed by atoms with E-state index in [4.69, 9.17) is 0 Å². The summed E-state index contributed by atoms with van der Waals surface area (Å²) in [5.41, 5.74) is 2.47. The van der Waals surface area contributed by atoms with Crippen LogP contribution in [0.5, 0.6) is 0 Å². The normalized spacial score (nSPS) is 16.8. The van der Waals surface area contributed by atoms with Crippen LogP contribution in [0.1, 0.15) is 25.3 Å². The van der Waals surface area contributed by atoms with Gasteiger partial charge in [0.15, 0.2) is 0 Å². The minimum atomic E-state index is 0.226. The molecule has 16 heavy (non-hydrogen) atoms. The van der Waals surface area contributed by atoms with Gasteiger partial charge >= 0.3 is 0 Å². The van der Waals surface area contributed by atoms with E-state index in [0.717, 1.165) is 12.3 Å². The molecule has 0 radical (unpaired) electrons. The summed E-state index contributed by atoms with van der Waals surface area (Å²) in [4.78, 5) is 1.33. The zero-order chi connectivity index (χ0) is 11.5. The third-order valence-corrected chi connectivity index (χ3v) is 4.18. The standard InChI is InChI=1S/C13H19NOS/c1-9(2)11(8-15)10-3-4-13-12(7-10)14-5-6-16-13/h3-4,7,9,11,14-15H,5-6,8H2,1-2H3. The topological polar surface area (TPSA) is 32.3 Å². The number of thioether (sulfide) groups is 1. The Morgan fingerprint density at radius 2 is 2.25 bits per heavy atom. The highest BCUT2D eigenvalue weighted by Crippen LogP contribution is 2.34.